The van der Waals surface area contributed by atoms with Gasteiger partial charge in [0.25, 0.3) is 0 Å². The average Bonchev–Trinajstić information content (AvgIpc) is 3.47. The zero-order chi connectivity index (χ0) is 32.9. The SMILES string of the molecule is CN(C)CCN1CCCC12CCCN(Cc1ccoc1)C2.O=C(O)C(F)(F)F.O=C(O)C(F)(F)F.O=C(O)C(F)(F)F. The molecule has 10 nitrogen and oxygen atoms in total. The summed E-state index contributed by atoms with van der Waals surface area (Å²) < 4.78 is 100. The first-order valence-corrected chi connectivity index (χ1v) is 12.0. The molecule has 0 bridgehead atoms. The van der Waals surface area contributed by atoms with Crippen LogP contribution in [0.1, 0.15) is 31.2 Å². The van der Waals surface area contributed by atoms with E-state index in [-0.39, 0.29) is 0 Å². The summed E-state index contributed by atoms with van der Waals surface area (Å²) in [6.07, 6.45) is -6.12. The zero-order valence-corrected chi connectivity index (χ0v) is 22.5. The molecule has 0 aromatic carbocycles. The predicted molar refractivity (Wildman–Crippen MR) is 126 cm³/mol. The van der Waals surface area contributed by atoms with Gasteiger partial charge in [0.1, 0.15) is 0 Å². The van der Waals surface area contributed by atoms with Gasteiger partial charge in [0.2, 0.25) is 0 Å². The van der Waals surface area contributed by atoms with Crippen LogP contribution >= 0.6 is 0 Å². The molecular formula is C23H32F9N3O7. The van der Waals surface area contributed by atoms with E-state index in [2.05, 4.69) is 34.9 Å². The maximum absolute atomic E-state index is 10.6. The third-order valence-corrected chi connectivity index (χ3v) is 5.91. The highest BCUT2D eigenvalue weighted by Crippen LogP contribution is 2.37. The quantitative estimate of drug-likeness (QED) is 0.406. The Bertz CT molecular complexity index is 911. The summed E-state index contributed by atoms with van der Waals surface area (Å²) in [5.41, 5.74) is 1.75. The molecule has 3 rings (SSSR count). The van der Waals surface area contributed by atoms with E-state index >= 15 is 0 Å². The minimum absolute atomic E-state index is 0.442. The molecule has 19 heteroatoms. The maximum Gasteiger partial charge on any atom is 0.490 e. The first kappa shape index (κ1) is 38.9. The Morgan fingerprint density at radius 2 is 1.29 bits per heavy atom. The number of likely N-dealkylation sites (tertiary alicyclic amines) is 2. The van der Waals surface area contributed by atoms with Gasteiger partial charge < -0.3 is 24.6 Å². The second-order valence-electron chi connectivity index (χ2n) is 9.47. The van der Waals surface area contributed by atoms with E-state index in [9.17, 15) is 39.5 Å². The number of carboxylic acid groups (broad SMARTS) is 3. The first-order valence-electron chi connectivity index (χ1n) is 12.0. The highest BCUT2D eigenvalue weighted by molar-refractivity contribution is 5.73. The molecule has 1 unspecified atom stereocenters. The van der Waals surface area contributed by atoms with Crippen molar-refractivity contribution >= 4 is 17.9 Å². The number of nitrogens with zero attached hydrogens (tertiary/aromatic N) is 3. The number of piperidine rings is 1. The second-order valence-corrected chi connectivity index (χ2v) is 9.47. The van der Waals surface area contributed by atoms with Gasteiger partial charge in [0.05, 0.1) is 12.5 Å². The summed E-state index contributed by atoms with van der Waals surface area (Å²) in [5.74, 6) is -8.27. The van der Waals surface area contributed by atoms with E-state index in [4.69, 9.17) is 34.1 Å². The van der Waals surface area contributed by atoms with Gasteiger partial charge in [0, 0.05) is 37.3 Å². The van der Waals surface area contributed by atoms with Crippen LogP contribution in [-0.2, 0) is 20.9 Å². The summed E-state index contributed by atoms with van der Waals surface area (Å²) in [4.78, 5) is 34.4. The lowest BCUT2D eigenvalue weighted by Gasteiger charge is -2.46. The molecule has 0 radical (unpaired) electrons. The van der Waals surface area contributed by atoms with Gasteiger partial charge in [-0.25, -0.2) is 14.4 Å². The standard InChI is InChI=1S/C17H29N3O.3C2HF3O2/c1-18(2)10-11-20-9-4-7-17(20)6-3-8-19(15-17)13-16-5-12-21-14-16;3*3-2(4,5)1(6)7/h5,12,14H,3-4,6-11,13,15H2,1-2H3;3*(H,6,7). The highest BCUT2D eigenvalue weighted by atomic mass is 19.4. The molecule has 0 saturated carbocycles. The van der Waals surface area contributed by atoms with Crippen molar-refractivity contribution < 1.29 is 73.6 Å². The summed E-state index contributed by atoms with van der Waals surface area (Å²) >= 11 is 0. The molecule has 2 saturated heterocycles. The normalized spacial score (nSPS) is 19.6. The molecule has 1 spiro atoms. The number of hydrogen-bond acceptors (Lipinski definition) is 7. The third kappa shape index (κ3) is 15.2. The second kappa shape index (κ2) is 16.5. The third-order valence-electron chi connectivity index (χ3n) is 5.91. The minimum atomic E-state index is -5.08. The van der Waals surface area contributed by atoms with Crippen LogP contribution in [0.3, 0.4) is 0 Å². The Morgan fingerprint density at radius 1 is 0.857 bits per heavy atom. The lowest BCUT2D eigenvalue weighted by molar-refractivity contribution is -0.193. The monoisotopic (exact) mass is 633 g/mol. The summed E-state index contributed by atoms with van der Waals surface area (Å²) in [7, 11) is 4.35. The lowest BCUT2D eigenvalue weighted by Crippen LogP contribution is -2.56. The molecule has 3 N–H and O–H groups in total. The van der Waals surface area contributed by atoms with Crippen molar-refractivity contribution in [2.75, 3.05) is 46.8 Å². The number of likely N-dealkylation sites (N-methyl/N-ethyl adjacent to an activating group) is 1. The number of aliphatic carboxylic acids is 3. The zero-order valence-electron chi connectivity index (χ0n) is 22.5. The Hall–Kier alpha value is -3.06. The highest BCUT2D eigenvalue weighted by Gasteiger charge is 2.43. The molecule has 2 fully saturated rings. The van der Waals surface area contributed by atoms with Gasteiger partial charge in [-0.2, -0.15) is 39.5 Å². The van der Waals surface area contributed by atoms with Gasteiger partial charge in [-0.15, -0.1) is 0 Å². The van der Waals surface area contributed by atoms with Crippen LogP contribution in [0, 0.1) is 0 Å². The molecule has 3 heterocycles. The molecule has 1 atom stereocenters. The smallest absolute Gasteiger partial charge is 0.475 e. The van der Waals surface area contributed by atoms with Crippen molar-refractivity contribution in [3.8, 4) is 0 Å². The fourth-order valence-electron chi connectivity index (χ4n) is 4.11. The van der Waals surface area contributed by atoms with Crippen LogP contribution in [-0.4, -0.2) is 119 Å². The van der Waals surface area contributed by atoms with Crippen molar-refractivity contribution in [3.63, 3.8) is 0 Å². The van der Waals surface area contributed by atoms with Crippen LogP contribution in [0.2, 0.25) is 0 Å². The van der Waals surface area contributed by atoms with Crippen molar-refractivity contribution in [2.45, 2.75) is 56.3 Å². The van der Waals surface area contributed by atoms with E-state index < -0.39 is 36.4 Å². The van der Waals surface area contributed by atoms with Crippen LogP contribution in [0.15, 0.2) is 23.0 Å². The number of rotatable bonds is 5. The maximum atomic E-state index is 10.6. The summed E-state index contributed by atoms with van der Waals surface area (Å²) in [6, 6.07) is 2.10. The van der Waals surface area contributed by atoms with Crippen molar-refractivity contribution in [2.24, 2.45) is 0 Å². The van der Waals surface area contributed by atoms with Crippen molar-refractivity contribution in [1.82, 2.24) is 14.7 Å². The molecule has 1 aromatic rings. The molecule has 0 aliphatic carbocycles. The van der Waals surface area contributed by atoms with E-state index in [1.807, 2.05) is 6.26 Å². The average molecular weight is 634 g/mol. The van der Waals surface area contributed by atoms with Crippen LogP contribution < -0.4 is 0 Å². The van der Waals surface area contributed by atoms with Crippen molar-refractivity contribution in [1.29, 1.82) is 0 Å². The Morgan fingerprint density at radius 3 is 1.64 bits per heavy atom. The Kier molecular flexibility index (Phi) is 15.3. The number of carbonyl (C=O) groups is 3. The molecule has 42 heavy (non-hydrogen) atoms. The summed E-state index contributed by atoms with van der Waals surface area (Å²) in [6.45, 7) is 7.17. The minimum Gasteiger partial charge on any atom is -0.475 e. The molecule has 0 amide bonds. The fourth-order valence-corrected chi connectivity index (χ4v) is 4.11. The predicted octanol–water partition coefficient (Wildman–Crippen LogP) is 4.17. The molecule has 2 aliphatic rings. The molecule has 244 valence electrons. The number of furan rings is 1. The number of carboxylic acids is 3. The fraction of sp³-hybridized carbons (Fsp3) is 0.696. The van der Waals surface area contributed by atoms with Crippen LogP contribution in [0.5, 0.6) is 0 Å². The number of alkyl halides is 9. The van der Waals surface area contributed by atoms with Crippen LogP contribution in [0.25, 0.3) is 0 Å². The van der Waals surface area contributed by atoms with Gasteiger partial charge >= 0.3 is 36.4 Å². The number of halogens is 9. The topological polar surface area (TPSA) is 135 Å². The lowest BCUT2D eigenvalue weighted by atomic mass is 9.86. The summed E-state index contributed by atoms with van der Waals surface area (Å²) in [5, 5.41) is 21.4. The van der Waals surface area contributed by atoms with Gasteiger partial charge in [0.15, 0.2) is 0 Å². The van der Waals surface area contributed by atoms with E-state index in [0.29, 0.717) is 5.54 Å². The van der Waals surface area contributed by atoms with E-state index in [1.165, 1.54) is 64.0 Å². The van der Waals surface area contributed by atoms with Crippen molar-refractivity contribution in [3.05, 3.63) is 24.2 Å². The molecular weight excluding hydrogens is 601 g/mol. The Balaban J connectivity index is 0.000000660. The van der Waals surface area contributed by atoms with E-state index in [1.54, 1.807) is 6.26 Å². The van der Waals surface area contributed by atoms with Crippen LogP contribution in [0.4, 0.5) is 39.5 Å². The largest absolute Gasteiger partial charge is 0.490 e. The molecule has 1 aromatic heterocycles. The van der Waals surface area contributed by atoms with Gasteiger partial charge in [-0.1, -0.05) is 0 Å². The van der Waals surface area contributed by atoms with Gasteiger partial charge in [-0.05, 0) is 58.9 Å². The number of hydrogen-bond donors (Lipinski definition) is 3. The first-order chi connectivity index (χ1) is 19.0. The molecule has 2 aliphatic heterocycles. The van der Waals surface area contributed by atoms with E-state index in [0.717, 1.165) is 6.54 Å². The Labute approximate surface area is 234 Å². The van der Waals surface area contributed by atoms with Gasteiger partial charge in [-0.3, -0.25) is 9.80 Å².